The Balaban J connectivity index is 1.58. The van der Waals surface area contributed by atoms with Crippen LogP contribution in [0.5, 0.6) is 0 Å². The molecule has 7 nitrogen and oxygen atoms in total. The maximum Gasteiger partial charge on any atom is 0.407 e. The van der Waals surface area contributed by atoms with Crippen LogP contribution in [0.2, 0.25) is 0 Å². The Bertz CT molecular complexity index is 462. The fraction of sp³-hybridized carbons (Fsp3) is 0.895. The molecule has 0 aromatic carbocycles. The van der Waals surface area contributed by atoms with Crippen molar-refractivity contribution >= 4 is 12.2 Å². The smallest absolute Gasteiger partial charge is 0.407 e. The van der Waals surface area contributed by atoms with E-state index in [-0.39, 0.29) is 18.2 Å². The first-order valence-corrected chi connectivity index (χ1v) is 9.93. The molecule has 0 spiro atoms. The lowest BCUT2D eigenvalue weighted by Gasteiger charge is -2.33. The van der Waals surface area contributed by atoms with Crippen molar-refractivity contribution in [2.45, 2.75) is 95.9 Å². The molecular formula is C19H35N3O4. The van der Waals surface area contributed by atoms with Crippen molar-refractivity contribution < 1.29 is 19.4 Å². The summed E-state index contributed by atoms with van der Waals surface area (Å²) in [5.74, 6) is 0.638. The highest BCUT2D eigenvalue weighted by atomic mass is 16.6. The monoisotopic (exact) mass is 369 g/mol. The van der Waals surface area contributed by atoms with Gasteiger partial charge in [-0.3, -0.25) is 0 Å². The van der Waals surface area contributed by atoms with Crippen molar-refractivity contribution in [2.24, 2.45) is 5.92 Å². The van der Waals surface area contributed by atoms with Crippen LogP contribution in [0.1, 0.15) is 72.1 Å². The Kier molecular flexibility index (Phi) is 7.55. The average Bonchev–Trinajstić information content (AvgIpc) is 2.53. The van der Waals surface area contributed by atoms with Crippen molar-refractivity contribution in [1.29, 1.82) is 0 Å². The van der Waals surface area contributed by atoms with Gasteiger partial charge in [0, 0.05) is 18.1 Å². The van der Waals surface area contributed by atoms with E-state index in [4.69, 9.17) is 9.84 Å². The quantitative estimate of drug-likeness (QED) is 0.596. The van der Waals surface area contributed by atoms with Crippen LogP contribution in [-0.2, 0) is 4.74 Å². The van der Waals surface area contributed by atoms with Gasteiger partial charge in [-0.1, -0.05) is 0 Å². The minimum absolute atomic E-state index is 0.123. The number of rotatable bonds is 5. The lowest BCUT2D eigenvalue weighted by Crippen LogP contribution is -2.45. The highest BCUT2D eigenvalue weighted by Crippen LogP contribution is 2.25. The van der Waals surface area contributed by atoms with E-state index in [0.29, 0.717) is 12.0 Å². The normalized spacial score (nSPS) is 29.7. The lowest BCUT2D eigenvalue weighted by atomic mass is 9.85. The third-order valence-corrected chi connectivity index (χ3v) is 5.32. The summed E-state index contributed by atoms with van der Waals surface area (Å²) in [5, 5.41) is 18.0. The first kappa shape index (κ1) is 20.8. The number of alkyl carbamates (subject to hydrolysis) is 1. The van der Waals surface area contributed by atoms with E-state index in [2.05, 4.69) is 16.0 Å². The van der Waals surface area contributed by atoms with Crippen molar-refractivity contribution in [3.05, 3.63) is 0 Å². The van der Waals surface area contributed by atoms with Crippen molar-refractivity contribution in [3.8, 4) is 0 Å². The fourth-order valence-corrected chi connectivity index (χ4v) is 3.93. The third-order valence-electron chi connectivity index (χ3n) is 5.32. The molecule has 0 aromatic rings. The number of nitrogens with one attached hydrogen (secondary N) is 3. The van der Waals surface area contributed by atoms with Gasteiger partial charge in [-0.05, 0) is 84.6 Å². The average molecular weight is 370 g/mol. The van der Waals surface area contributed by atoms with Crippen LogP contribution in [0.15, 0.2) is 0 Å². The van der Waals surface area contributed by atoms with E-state index in [0.717, 1.165) is 57.9 Å². The minimum atomic E-state index is -0.914. The van der Waals surface area contributed by atoms with Crippen LogP contribution in [0.4, 0.5) is 9.59 Å². The van der Waals surface area contributed by atoms with Crippen molar-refractivity contribution in [3.63, 3.8) is 0 Å². The molecule has 2 rings (SSSR count). The molecule has 2 amide bonds. The third kappa shape index (κ3) is 7.81. The molecule has 0 unspecified atom stereocenters. The van der Waals surface area contributed by atoms with Gasteiger partial charge >= 0.3 is 12.2 Å². The maximum atomic E-state index is 11.8. The van der Waals surface area contributed by atoms with Gasteiger partial charge < -0.3 is 25.8 Å². The van der Waals surface area contributed by atoms with E-state index >= 15 is 0 Å². The van der Waals surface area contributed by atoms with Crippen LogP contribution < -0.4 is 16.0 Å². The van der Waals surface area contributed by atoms with Crippen LogP contribution in [0, 0.1) is 5.92 Å². The minimum Gasteiger partial charge on any atom is -0.465 e. The summed E-state index contributed by atoms with van der Waals surface area (Å²) in [5.41, 5.74) is -0.457. The molecule has 7 heteroatoms. The van der Waals surface area contributed by atoms with E-state index in [1.807, 2.05) is 20.8 Å². The molecule has 0 atom stereocenters. The zero-order chi connectivity index (χ0) is 19.2. The summed E-state index contributed by atoms with van der Waals surface area (Å²) in [7, 11) is 0. The molecular weight excluding hydrogens is 334 g/mol. The Morgan fingerprint density at radius 1 is 0.885 bits per heavy atom. The Morgan fingerprint density at radius 2 is 1.38 bits per heavy atom. The van der Waals surface area contributed by atoms with Gasteiger partial charge in [-0.15, -0.1) is 0 Å². The fourth-order valence-electron chi connectivity index (χ4n) is 3.93. The molecule has 2 saturated carbocycles. The summed E-state index contributed by atoms with van der Waals surface area (Å²) in [6.07, 6.45) is 6.88. The van der Waals surface area contributed by atoms with Gasteiger partial charge in [0.25, 0.3) is 0 Å². The number of hydrogen-bond donors (Lipinski definition) is 4. The second kappa shape index (κ2) is 9.44. The van der Waals surface area contributed by atoms with Gasteiger partial charge in [0.1, 0.15) is 5.60 Å². The first-order valence-electron chi connectivity index (χ1n) is 9.93. The molecule has 150 valence electrons. The number of carboxylic acid groups (broad SMARTS) is 1. The standard InChI is InChI=1S/C19H35N3O4/c1-19(2,3)26-18(25)22-16-10-8-14(9-11-16)20-12-13-4-6-15(7-5-13)21-17(23)24/h13-16,20-21H,4-12H2,1-3H3,(H,22,25)(H,23,24). The van der Waals surface area contributed by atoms with Crippen LogP contribution in [0.3, 0.4) is 0 Å². The molecule has 2 aliphatic carbocycles. The summed E-state index contributed by atoms with van der Waals surface area (Å²) >= 11 is 0. The molecule has 0 bridgehead atoms. The second-order valence-corrected chi connectivity index (χ2v) is 8.77. The predicted molar refractivity (Wildman–Crippen MR) is 100 cm³/mol. The number of ether oxygens (including phenoxy) is 1. The van der Waals surface area contributed by atoms with Crippen molar-refractivity contribution in [1.82, 2.24) is 16.0 Å². The Labute approximate surface area is 156 Å². The second-order valence-electron chi connectivity index (χ2n) is 8.77. The van der Waals surface area contributed by atoms with E-state index in [1.165, 1.54) is 0 Å². The van der Waals surface area contributed by atoms with Crippen molar-refractivity contribution in [2.75, 3.05) is 6.54 Å². The zero-order valence-electron chi connectivity index (χ0n) is 16.3. The number of amides is 2. The molecule has 0 aliphatic heterocycles. The predicted octanol–water partition coefficient (Wildman–Crippen LogP) is 3.24. The topological polar surface area (TPSA) is 99.7 Å². The van der Waals surface area contributed by atoms with Crippen LogP contribution in [-0.4, -0.2) is 47.6 Å². The van der Waals surface area contributed by atoms with Gasteiger partial charge in [0.15, 0.2) is 0 Å². The largest absolute Gasteiger partial charge is 0.465 e. The molecule has 26 heavy (non-hydrogen) atoms. The van der Waals surface area contributed by atoms with Gasteiger partial charge in [-0.2, -0.15) is 0 Å². The Morgan fingerprint density at radius 3 is 1.92 bits per heavy atom. The molecule has 2 aliphatic rings. The molecule has 2 fully saturated rings. The van der Waals surface area contributed by atoms with Gasteiger partial charge in [-0.25, -0.2) is 9.59 Å². The maximum absolute atomic E-state index is 11.8. The highest BCUT2D eigenvalue weighted by molar-refractivity contribution is 5.68. The lowest BCUT2D eigenvalue weighted by molar-refractivity contribution is 0.0489. The van der Waals surface area contributed by atoms with E-state index in [1.54, 1.807) is 0 Å². The Hall–Kier alpha value is -1.50. The molecule has 0 radical (unpaired) electrons. The summed E-state index contributed by atoms with van der Waals surface area (Å²) in [6.45, 7) is 6.63. The van der Waals surface area contributed by atoms with E-state index < -0.39 is 11.7 Å². The summed E-state index contributed by atoms with van der Waals surface area (Å²) < 4.78 is 5.32. The highest BCUT2D eigenvalue weighted by Gasteiger charge is 2.26. The molecule has 0 aromatic heterocycles. The van der Waals surface area contributed by atoms with Crippen LogP contribution >= 0.6 is 0 Å². The number of carbonyl (C=O) groups is 2. The molecule has 0 heterocycles. The molecule has 0 saturated heterocycles. The van der Waals surface area contributed by atoms with Crippen LogP contribution in [0.25, 0.3) is 0 Å². The van der Waals surface area contributed by atoms with E-state index in [9.17, 15) is 9.59 Å². The zero-order valence-corrected chi connectivity index (χ0v) is 16.3. The number of carbonyl (C=O) groups excluding carboxylic acids is 1. The van der Waals surface area contributed by atoms with Gasteiger partial charge in [0.05, 0.1) is 0 Å². The summed E-state index contributed by atoms with van der Waals surface area (Å²) in [6, 6.07) is 0.847. The number of hydrogen-bond acceptors (Lipinski definition) is 4. The summed E-state index contributed by atoms with van der Waals surface area (Å²) in [4.78, 5) is 22.5. The molecule has 4 N–H and O–H groups in total. The first-order chi connectivity index (χ1) is 12.2. The SMILES string of the molecule is CC(C)(C)OC(=O)NC1CCC(NCC2CCC(NC(=O)O)CC2)CC1. The van der Waals surface area contributed by atoms with Gasteiger partial charge in [0.2, 0.25) is 0 Å².